The Morgan fingerprint density at radius 3 is 1.26 bits per heavy atom. The fourth-order valence-corrected chi connectivity index (χ4v) is 15.5. The van der Waals surface area contributed by atoms with E-state index in [0.29, 0.717) is 15.9 Å². The van der Waals surface area contributed by atoms with Crippen LogP contribution < -0.4 is 43.9 Å². The molecule has 0 amide bonds. The molecule has 0 bridgehead atoms. The second-order valence-electron chi connectivity index (χ2n) is 9.51. The molecule has 0 heterocycles. The Morgan fingerprint density at radius 2 is 1.00 bits per heavy atom. The Bertz CT molecular complexity index is 1140. The summed E-state index contributed by atoms with van der Waals surface area (Å²) in [7, 11) is -3.78. The molecule has 0 aliphatic heterocycles. The van der Waals surface area contributed by atoms with Gasteiger partial charge in [0.05, 0.1) is 0 Å². The molecule has 1 aliphatic carbocycles. The second kappa shape index (κ2) is 10.0. The summed E-state index contributed by atoms with van der Waals surface area (Å²) in [6, 6.07) is 24.2. The first kappa shape index (κ1) is 29.3. The van der Waals surface area contributed by atoms with E-state index in [1.54, 1.807) is 110 Å². The van der Waals surface area contributed by atoms with Crippen LogP contribution in [0.25, 0.3) is 0 Å². The Labute approximate surface area is 225 Å². The third kappa shape index (κ3) is 4.55. The van der Waals surface area contributed by atoms with Gasteiger partial charge in [-0.25, -0.2) is 0 Å². The van der Waals surface area contributed by atoms with Crippen LogP contribution in [0.1, 0.15) is 0 Å². The molecule has 4 rings (SSSR count). The molecule has 0 aromatic heterocycles. The molecule has 3 aromatic rings. The van der Waals surface area contributed by atoms with Gasteiger partial charge < -0.3 is 0 Å². The first-order chi connectivity index (χ1) is 17.7. The molecule has 0 N–H and O–H groups in total. The van der Waals surface area contributed by atoms with Crippen LogP contribution in [0.5, 0.6) is 0 Å². The van der Waals surface area contributed by atoms with Crippen molar-refractivity contribution in [2.24, 2.45) is 0 Å². The van der Waals surface area contributed by atoms with Gasteiger partial charge in [0.15, 0.2) is 0 Å². The number of likely N-dealkylation sites (N-methyl/N-ethyl adjacent to an activating group) is 2. The quantitative estimate of drug-likeness (QED) is 0.168. The summed E-state index contributed by atoms with van der Waals surface area (Å²) in [5.41, 5.74) is -3.08. The molecule has 0 saturated heterocycles. The van der Waals surface area contributed by atoms with Crippen LogP contribution in [-0.4, -0.2) is 55.4 Å². The average molecular weight is 587 g/mol. The van der Waals surface area contributed by atoms with Crippen molar-refractivity contribution < 1.29 is 56.8 Å². The standard InChI is InChI=1S/C25H29Cl2N2O8P/c1-28(2)23-24(25(23,29(3)4)36-26(30,31)32)38(37-27(33,34)35,20-14-8-5-9-15-20,21-16-10-6-11-17-21)22-18-12-7-13-19-22/h5-19,23-24H,1-4H3. The van der Waals surface area contributed by atoms with Crippen molar-refractivity contribution >= 4 is 22.7 Å². The van der Waals surface area contributed by atoms with Crippen LogP contribution in [-0.2, 0) is 8.37 Å². The van der Waals surface area contributed by atoms with Gasteiger partial charge in [-0.05, 0) is 0 Å². The molecule has 38 heavy (non-hydrogen) atoms. The summed E-state index contributed by atoms with van der Waals surface area (Å²) in [5.74, 6) is 0. The van der Waals surface area contributed by atoms with Crippen LogP contribution in [0.15, 0.2) is 91.0 Å². The number of halogens is 2. The van der Waals surface area contributed by atoms with E-state index in [1.807, 2.05) is 0 Å². The Balaban J connectivity index is 2.29. The molecule has 0 radical (unpaired) electrons. The van der Waals surface area contributed by atoms with Crippen molar-refractivity contribution in [3.8, 4) is 0 Å². The molecular formula is C25H29Cl2N2O8P. The molecule has 10 nitrogen and oxygen atoms in total. The number of nitrogens with zero attached hydrogens (tertiary/aromatic N) is 2. The normalized spacial score (nSPS) is 23.3. The summed E-state index contributed by atoms with van der Waals surface area (Å²) < 4.78 is 86.3. The van der Waals surface area contributed by atoms with Gasteiger partial charge in [-0.2, -0.15) is 0 Å². The number of rotatable bonds is 10. The van der Waals surface area contributed by atoms with Crippen molar-refractivity contribution in [2.75, 3.05) is 28.2 Å². The number of benzene rings is 3. The van der Waals surface area contributed by atoms with Crippen LogP contribution in [0.4, 0.5) is 0 Å². The average Bonchev–Trinajstić information content (AvgIpc) is 3.53. The van der Waals surface area contributed by atoms with Gasteiger partial charge >= 0.3 is 226 Å². The molecular weight excluding hydrogens is 558 g/mol. The van der Waals surface area contributed by atoms with Crippen molar-refractivity contribution in [1.82, 2.24) is 9.80 Å². The molecule has 13 heteroatoms. The zero-order chi connectivity index (χ0) is 28.0. The first-order valence-electron chi connectivity index (χ1n) is 11.5. The summed E-state index contributed by atoms with van der Waals surface area (Å²) in [4.78, 5) is 3.05. The van der Waals surface area contributed by atoms with E-state index in [-0.39, 0.29) is 0 Å². The summed E-state index contributed by atoms with van der Waals surface area (Å²) in [6.45, 7) is -5.07. The maximum atomic E-state index is 12.8. The van der Waals surface area contributed by atoms with Crippen LogP contribution in [0, 0.1) is 20.5 Å². The molecule has 0 spiro atoms. The van der Waals surface area contributed by atoms with Crippen molar-refractivity contribution in [3.63, 3.8) is 0 Å². The minimum absolute atomic E-state index is 0.340. The van der Waals surface area contributed by atoms with Gasteiger partial charge in [0.2, 0.25) is 0 Å². The van der Waals surface area contributed by atoms with Crippen LogP contribution in [0.2, 0.25) is 0 Å². The van der Waals surface area contributed by atoms with Gasteiger partial charge in [-0.15, -0.1) is 0 Å². The summed E-state index contributed by atoms with van der Waals surface area (Å²) in [5, 5.41) is 1.02. The Morgan fingerprint density at radius 1 is 0.632 bits per heavy atom. The third-order valence-electron chi connectivity index (χ3n) is 7.08. The van der Waals surface area contributed by atoms with Crippen molar-refractivity contribution in [2.45, 2.75) is 17.4 Å². The molecule has 3 atom stereocenters. The first-order valence-corrected chi connectivity index (χ1v) is 16.2. The van der Waals surface area contributed by atoms with E-state index in [0.717, 1.165) is 0 Å². The maximum absolute atomic E-state index is 12.8. The molecule has 3 unspecified atom stereocenters. The summed E-state index contributed by atoms with van der Waals surface area (Å²) >= 11 is 0. The SMILES string of the molecule is CN(C)C1C(P(O[Cl+3]([O-])([O-])[O-])(c2ccccc2)(c2ccccc2)c2ccccc2)C1(O[Cl+3]([O-])([O-])[O-])N(C)C. The summed E-state index contributed by atoms with van der Waals surface area (Å²) in [6.07, 6.45) is 0. The van der Waals surface area contributed by atoms with E-state index in [1.165, 1.54) is 19.0 Å². The van der Waals surface area contributed by atoms with E-state index in [2.05, 4.69) is 0 Å². The van der Waals surface area contributed by atoms with Gasteiger partial charge in [0, 0.05) is 0 Å². The Hall–Kier alpha value is -1.73. The van der Waals surface area contributed by atoms with Gasteiger partial charge in [-0.3, -0.25) is 0 Å². The monoisotopic (exact) mass is 586 g/mol. The molecule has 1 fully saturated rings. The van der Waals surface area contributed by atoms with E-state index in [9.17, 15) is 28.0 Å². The van der Waals surface area contributed by atoms with Crippen LogP contribution >= 0.6 is 6.83 Å². The molecule has 1 saturated carbocycles. The number of hydrogen-bond donors (Lipinski definition) is 0. The second-order valence-corrected chi connectivity index (χ2v) is 16.0. The topological polar surface area (TPSA) is 163 Å². The van der Waals surface area contributed by atoms with Crippen molar-refractivity contribution in [1.29, 1.82) is 0 Å². The van der Waals surface area contributed by atoms with E-state index < -0.39 is 44.7 Å². The van der Waals surface area contributed by atoms with Gasteiger partial charge in [-0.1, -0.05) is 0 Å². The van der Waals surface area contributed by atoms with Gasteiger partial charge in [0.1, 0.15) is 0 Å². The fraction of sp³-hybridized carbons (Fsp3) is 0.280. The Kier molecular flexibility index (Phi) is 7.72. The minimum atomic E-state index is -5.12. The fourth-order valence-electron chi connectivity index (χ4n) is 5.87. The molecule has 3 aromatic carbocycles. The molecule has 1 aliphatic rings. The number of hydrogen-bond acceptors (Lipinski definition) is 10. The van der Waals surface area contributed by atoms with Gasteiger partial charge in [0.25, 0.3) is 0 Å². The predicted molar refractivity (Wildman–Crippen MR) is 125 cm³/mol. The zero-order valence-corrected chi connectivity index (χ0v) is 23.6. The molecule has 206 valence electrons. The van der Waals surface area contributed by atoms with Crippen LogP contribution in [0.3, 0.4) is 0 Å². The third-order valence-corrected chi connectivity index (χ3v) is 15.0. The zero-order valence-electron chi connectivity index (χ0n) is 21.2. The van der Waals surface area contributed by atoms with E-state index in [4.69, 9.17) is 8.37 Å². The predicted octanol–water partition coefficient (Wildman–Crippen LogP) is -4.17. The van der Waals surface area contributed by atoms with E-state index >= 15 is 0 Å². The van der Waals surface area contributed by atoms with Crippen molar-refractivity contribution in [3.05, 3.63) is 91.0 Å².